The van der Waals surface area contributed by atoms with Gasteiger partial charge in [-0.3, -0.25) is 4.79 Å². The van der Waals surface area contributed by atoms with Crippen LogP contribution in [0.15, 0.2) is 27.8 Å². The minimum Gasteiger partial charge on any atom is -0.352 e. The molecule has 0 radical (unpaired) electrons. The first kappa shape index (κ1) is 15.3. The van der Waals surface area contributed by atoms with Crippen LogP contribution in [0.2, 0.25) is 0 Å². The molecule has 1 aromatic rings. The minimum atomic E-state index is -4.51. The first-order valence-electron chi connectivity index (χ1n) is 5.02. The molecule has 9 heteroatoms. The van der Waals surface area contributed by atoms with Crippen molar-refractivity contribution in [3.63, 3.8) is 0 Å². The molecule has 1 amide bonds. The van der Waals surface area contributed by atoms with E-state index < -0.39 is 17.6 Å². The van der Waals surface area contributed by atoms with Gasteiger partial charge in [0.25, 0.3) is 5.91 Å². The van der Waals surface area contributed by atoms with Gasteiger partial charge in [0.1, 0.15) is 0 Å². The molecule has 0 heterocycles. The Morgan fingerprint density at radius 1 is 1.47 bits per heavy atom. The van der Waals surface area contributed by atoms with E-state index in [0.29, 0.717) is 0 Å². The molecule has 1 aromatic carbocycles. The van der Waals surface area contributed by atoms with Gasteiger partial charge in [0, 0.05) is 22.5 Å². The summed E-state index contributed by atoms with van der Waals surface area (Å²) in [5.41, 5.74) is 7.00. The molecule has 0 saturated heterocycles. The second-order valence-electron chi connectivity index (χ2n) is 3.40. The number of hydrogen-bond acceptors (Lipinski definition) is 2. The highest BCUT2D eigenvalue weighted by Gasteiger charge is 2.31. The molecule has 0 saturated carbocycles. The van der Waals surface area contributed by atoms with Crippen molar-refractivity contribution in [1.29, 1.82) is 0 Å². The van der Waals surface area contributed by atoms with Crippen molar-refractivity contribution < 1.29 is 18.0 Å². The van der Waals surface area contributed by atoms with Crippen LogP contribution in [-0.2, 0) is 6.18 Å². The van der Waals surface area contributed by atoms with Gasteiger partial charge in [-0.25, -0.2) is 0 Å². The Balaban J connectivity index is 2.87. The predicted molar refractivity (Wildman–Crippen MR) is 65.5 cm³/mol. The van der Waals surface area contributed by atoms with Gasteiger partial charge in [-0.1, -0.05) is 5.11 Å². The zero-order valence-electron chi connectivity index (χ0n) is 9.41. The number of azide groups is 1. The highest BCUT2D eigenvalue weighted by atomic mass is 79.9. The van der Waals surface area contributed by atoms with Crippen LogP contribution in [-0.4, -0.2) is 19.0 Å². The van der Waals surface area contributed by atoms with Gasteiger partial charge in [0.15, 0.2) is 0 Å². The average Bonchev–Trinajstić information content (AvgIpc) is 2.33. The number of carbonyl (C=O) groups is 1. The molecule has 0 bridgehead atoms. The van der Waals surface area contributed by atoms with Gasteiger partial charge < -0.3 is 5.32 Å². The zero-order valence-corrected chi connectivity index (χ0v) is 11.0. The van der Waals surface area contributed by atoms with Crippen LogP contribution in [0.5, 0.6) is 0 Å². The summed E-state index contributed by atoms with van der Waals surface area (Å²) < 4.78 is 37.8. The van der Waals surface area contributed by atoms with Crippen molar-refractivity contribution >= 4 is 21.8 Å². The van der Waals surface area contributed by atoms with E-state index in [9.17, 15) is 18.0 Å². The SMILES string of the molecule is [N-]=[N+]=NCCNC(=O)c1cc(C(F)(F)F)ccc1Br. The number of halogens is 4. The Hall–Kier alpha value is -1.73. The first-order valence-corrected chi connectivity index (χ1v) is 5.81. The molecule has 0 atom stereocenters. The minimum absolute atomic E-state index is 0.0266. The Labute approximate surface area is 114 Å². The summed E-state index contributed by atoms with van der Waals surface area (Å²) in [6.45, 7) is 0.0738. The number of hydrogen-bond donors (Lipinski definition) is 1. The van der Waals surface area contributed by atoms with Crippen molar-refractivity contribution in [3.05, 3.63) is 44.2 Å². The van der Waals surface area contributed by atoms with Crippen LogP contribution in [0, 0.1) is 0 Å². The third-order valence-corrected chi connectivity index (χ3v) is 2.79. The Morgan fingerprint density at radius 3 is 2.74 bits per heavy atom. The lowest BCUT2D eigenvalue weighted by Gasteiger charge is -2.10. The van der Waals surface area contributed by atoms with Gasteiger partial charge in [-0.05, 0) is 39.7 Å². The molecule has 0 spiro atoms. The second-order valence-corrected chi connectivity index (χ2v) is 4.26. The standard InChI is InChI=1S/C10H8BrF3N4O/c11-8-2-1-6(10(12,13)14)5-7(8)9(19)16-3-4-17-18-15/h1-2,5H,3-4H2,(H,16,19). The molecule has 0 fully saturated rings. The van der Waals surface area contributed by atoms with Gasteiger partial charge in [0.05, 0.1) is 11.1 Å². The molecular formula is C10H8BrF3N4O. The Morgan fingerprint density at radius 2 is 2.16 bits per heavy atom. The average molecular weight is 337 g/mol. The lowest BCUT2D eigenvalue weighted by molar-refractivity contribution is -0.137. The molecule has 1 N–H and O–H groups in total. The fraction of sp³-hybridized carbons (Fsp3) is 0.300. The van der Waals surface area contributed by atoms with Crippen molar-refractivity contribution in [2.45, 2.75) is 6.18 Å². The van der Waals surface area contributed by atoms with Crippen LogP contribution >= 0.6 is 15.9 Å². The summed E-state index contributed by atoms with van der Waals surface area (Å²) >= 11 is 3.01. The van der Waals surface area contributed by atoms with E-state index in [1.807, 2.05) is 0 Å². The van der Waals surface area contributed by atoms with Gasteiger partial charge >= 0.3 is 6.18 Å². The third kappa shape index (κ3) is 4.46. The lowest BCUT2D eigenvalue weighted by atomic mass is 10.1. The predicted octanol–water partition coefficient (Wildman–Crippen LogP) is 3.51. The lowest BCUT2D eigenvalue weighted by Crippen LogP contribution is -2.26. The monoisotopic (exact) mass is 336 g/mol. The van der Waals surface area contributed by atoms with Crippen molar-refractivity contribution in [3.8, 4) is 0 Å². The quantitative estimate of drug-likeness (QED) is 0.388. The number of nitrogens with one attached hydrogen (secondary N) is 1. The van der Waals surface area contributed by atoms with Crippen molar-refractivity contribution in [2.75, 3.05) is 13.1 Å². The maximum absolute atomic E-state index is 12.5. The summed E-state index contributed by atoms with van der Waals surface area (Å²) in [7, 11) is 0. The molecule has 0 aliphatic rings. The Kier molecular flexibility index (Phi) is 5.20. The van der Waals surface area contributed by atoms with Crippen LogP contribution < -0.4 is 5.32 Å². The summed E-state index contributed by atoms with van der Waals surface area (Å²) in [6.07, 6.45) is -4.51. The van der Waals surface area contributed by atoms with E-state index in [4.69, 9.17) is 5.53 Å². The largest absolute Gasteiger partial charge is 0.416 e. The van der Waals surface area contributed by atoms with Gasteiger partial charge in [-0.15, -0.1) is 0 Å². The maximum Gasteiger partial charge on any atom is 0.416 e. The molecular weight excluding hydrogens is 329 g/mol. The highest BCUT2D eigenvalue weighted by Crippen LogP contribution is 2.31. The number of alkyl halides is 3. The topological polar surface area (TPSA) is 77.9 Å². The van der Waals surface area contributed by atoms with Crippen LogP contribution in [0.1, 0.15) is 15.9 Å². The maximum atomic E-state index is 12.5. The third-order valence-electron chi connectivity index (χ3n) is 2.10. The Bertz CT molecular complexity index is 526. The van der Waals surface area contributed by atoms with Crippen molar-refractivity contribution in [2.24, 2.45) is 5.11 Å². The molecule has 0 aromatic heterocycles. The molecule has 0 unspecified atom stereocenters. The number of benzene rings is 1. The van der Waals surface area contributed by atoms with Crippen LogP contribution in [0.3, 0.4) is 0 Å². The molecule has 102 valence electrons. The van der Waals surface area contributed by atoms with E-state index in [2.05, 4.69) is 31.3 Å². The smallest absolute Gasteiger partial charge is 0.352 e. The molecule has 0 aliphatic heterocycles. The van der Waals surface area contributed by atoms with Gasteiger partial charge in [-0.2, -0.15) is 13.2 Å². The summed E-state index contributed by atoms with van der Waals surface area (Å²) in [5.74, 6) is -0.675. The summed E-state index contributed by atoms with van der Waals surface area (Å²) in [6, 6.07) is 2.79. The normalized spacial score (nSPS) is 10.7. The fourth-order valence-electron chi connectivity index (χ4n) is 1.23. The number of rotatable bonds is 4. The summed E-state index contributed by atoms with van der Waals surface area (Å²) in [4.78, 5) is 14.1. The second kappa shape index (κ2) is 6.44. The number of carbonyl (C=O) groups excluding carboxylic acids is 1. The first-order chi connectivity index (χ1) is 8.86. The van der Waals surface area contributed by atoms with Crippen LogP contribution in [0.4, 0.5) is 13.2 Å². The van der Waals surface area contributed by atoms with Crippen LogP contribution in [0.25, 0.3) is 10.4 Å². The molecule has 1 rings (SSSR count). The van der Waals surface area contributed by atoms with Crippen molar-refractivity contribution in [1.82, 2.24) is 5.32 Å². The fourth-order valence-corrected chi connectivity index (χ4v) is 1.66. The van der Waals surface area contributed by atoms with Gasteiger partial charge in [0.2, 0.25) is 0 Å². The van der Waals surface area contributed by atoms with E-state index in [-0.39, 0.29) is 23.1 Å². The molecule has 5 nitrogen and oxygen atoms in total. The van der Waals surface area contributed by atoms with E-state index in [1.54, 1.807) is 0 Å². The van der Waals surface area contributed by atoms with E-state index >= 15 is 0 Å². The van der Waals surface area contributed by atoms with E-state index in [1.165, 1.54) is 0 Å². The zero-order chi connectivity index (χ0) is 14.5. The number of amides is 1. The number of nitrogens with zero attached hydrogens (tertiary/aromatic N) is 3. The highest BCUT2D eigenvalue weighted by molar-refractivity contribution is 9.10. The summed E-state index contributed by atoms with van der Waals surface area (Å²) in [5, 5.41) is 5.54. The molecule has 0 aliphatic carbocycles. The van der Waals surface area contributed by atoms with E-state index in [0.717, 1.165) is 18.2 Å². The molecule has 19 heavy (non-hydrogen) atoms.